The van der Waals surface area contributed by atoms with Crippen LogP contribution in [0.15, 0.2) is 47.4 Å². The summed E-state index contributed by atoms with van der Waals surface area (Å²) >= 11 is 1.70. The number of aryl methyl sites for hydroxylation is 1. The van der Waals surface area contributed by atoms with Gasteiger partial charge in [-0.1, -0.05) is 29.8 Å². The highest BCUT2D eigenvalue weighted by atomic mass is 32.2. The molecule has 0 fully saturated rings. The van der Waals surface area contributed by atoms with Crippen LogP contribution in [0.5, 0.6) is 11.5 Å². The molecular weight excluding hydrogens is 370 g/mol. The summed E-state index contributed by atoms with van der Waals surface area (Å²) in [6.45, 7) is 3.55. The molecule has 140 valence electrons. The van der Waals surface area contributed by atoms with Gasteiger partial charge in [0.1, 0.15) is 0 Å². The van der Waals surface area contributed by atoms with Crippen LogP contribution in [0.25, 0.3) is 0 Å². The molecule has 0 atom stereocenters. The van der Waals surface area contributed by atoms with Gasteiger partial charge in [-0.25, -0.2) is 13.1 Å². The first kappa shape index (κ1) is 19.1. The Hall–Kier alpha value is -1.70. The van der Waals surface area contributed by atoms with E-state index in [1.165, 1.54) is 17.2 Å². The molecule has 0 aliphatic carbocycles. The van der Waals surface area contributed by atoms with Crippen molar-refractivity contribution >= 4 is 21.8 Å². The topological polar surface area (TPSA) is 64.6 Å². The van der Waals surface area contributed by atoms with Crippen molar-refractivity contribution in [3.8, 4) is 11.5 Å². The molecule has 3 rings (SSSR count). The van der Waals surface area contributed by atoms with Gasteiger partial charge in [0.15, 0.2) is 11.5 Å². The van der Waals surface area contributed by atoms with Crippen LogP contribution in [0.4, 0.5) is 0 Å². The van der Waals surface area contributed by atoms with Gasteiger partial charge in [-0.3, -0.25) is 0 Å². The molecule has 5 nitrogen and oxygen atoms in total. The monoisotopic (exact) mass is 393 g/mol. The smallest absolute Gasteiger partial charge is 0.240 e. The summed E-state index contributed by atoms with van der Waals surface area (Å²) in [6.07, 6.45) is 0.785. The summed E-state index contributed by atoms with van der Waals surface area (Å²) in [4.78, 5) is 0.199. The minimum Gasteiger partial charge on any atom is -0.490 e. The maximum atomic E-state index is 12.5. The molecule has 0 radical (unpaired) electrons. The molecular formula is C19H23NO4S2. The Kier molecular flexibility index (Phi) is 6.45. The normalized spacial score (nSPS) is 14.0. The average molecular weight is 394 g/mol. The first-order chi connectivity index (χ1) is 12.5. The van der Waals surface area contributed by atoms with Gasteiger partial charge < -0.3 is 9.47 Å². The maximum absolute atomic E-state index is 12.5. The van der Waals surface area contributed by atoms with E-state index in [-0.39, 0.29) is 4.90 Å². The molecule has 0 spiro atoms. The summed E-state index contributed by atoms with van der Waals surface area (Å²) in [6, 6.07) is 13.1. The highest BCUT2D eigenvalue weighted by Crippen LogP contribution is 2.31. The van der Waals surface area contributed by atoms with Crippen LogP contribution in [0.1, 0.15) is 17.5 Å². The zero-order valence-corrected chi connectivity index (χ0v) is 16.4. The fraction of sp³-hybridized carbons (Fsp3) is 0.368. The lowest BCUT2D eigenvalue weighted by molar-refractivity contribution is 0.297. The van der Waals surface area contributed by atoms with Gasteiger partial charge in [-0.2, -0.15) is 11.8 Å². The number of hydrogen-bond acceptors (Lipinski definition) is 5. The lowest BCUT2D eigenvalue weighted by Crippen LogP contribution is -2.26. The molecule has 2 aromatic rings. The van der Waals surface area contributed by atoms with Crippen LogP contribution in [0.3, 0.4) is 0 Å². The van der Waals surface area contributed by atoms with Crippen molar-refractivity contribution in [3.05, 3.63) is 53.6 Å². The summed E-state index contributed by atoms with van der Waals surface area (Å²) in [5.41, 5.74) is 2.48. The van der Waals surface area contributed by atoms with E-state index in [9.17, 15) is 8.42 Å². The molecule has 1 heterocycles. The van der Waals surface area contributed by atoms with E-state index < -0.39 is 10.0 Å². The third-order valence-electron chi connectivity index (χ3n) is 3.96. The summed E-state index contributed by atoms with van der Waals surface area (Å²) in [5, 5.41) is 0. The zero-order valence-electron chi connectivity index (χ0n) is 14.7. The molecule has 1 N–H and O–H groups in total. The van der Waals surface area contributed by atoms with Gasteiger partial charge in [-0.05, 0) is 24.6 Å². The van der Waals surface area contributed by atoms with Gasteiger partial charge in [0.2, 0.25) is 10.0 Å². The van der Waals surface area contributed by atoms with E-state index in [1.54, 1.807) is 23.9 Å². The molecule has 0 bridgehead atoms. The Morgan fingerprint density at radius 2 is 1.77 bits per heavy atom. The van der Waals surface area contributed by atoms with Crippen LogP contribution < -0.4 is 14.2 Å². The highest BCUT2D eigenvalue weighted by Gasteiger charge is 2.18. The van der Waals surface area contributed by atoms with Crippen molar-refractivity contribution in [1.82, 2.24) is 4.72 Å². The first-order valence-corrected chi connectivity index (χ1v) is 11.2. The quantitative estimate of drug-likeness (QED) is 0.731. The predicted molar refractivity (Wildman–Crippen MR) is 105 cm³/mol. The number of rotatable bonds is 7. The Labute approximate surface area is 159 Å². The second-order valence-electron chi connectivity index (χ2n) is 6.09. The first-order valence-electron chi connectivity index (χ1n) is 8.57. The van der Waals surface area contributed by atoms with Crippen molar-refractivity contribution < 1.29 is 17.9 Å². The second-order valence-corrected chi connectivity index (χ2v) is 8.97. The molecule has 2 aromatic carbocycles. The van der Waals surface area contributed by atoms with Gasteiger partial charge in [0.05, 0.1) is 18.1 Å². The minimum absolute atomic E-state index is 0.199. The standard InChI is InChI=1S/C19H23NO4S2/c1-15-3-5-16(6-4-15)14-25-12-9-20-26(21,22)17-7-8-18-19(13-17)24-11-2-10-23-18/h3-8,13,20H,2,9-12,14H2,1H3. The molecule has 1 aliphatic rings. The van der Waals surface area contributed by atoms with E-state index in [0.29, 0.717) is 37.0 Å². The second kappa shape index (κ2) is 8.79. The molecule has 7 heteroatoms. The zero-order chi connectivity index (χ0) is 18.4. The average Bonchev–Trinajstić information content (AvgIpc) is 2.87. The molecule has 1 aliphatic heterocycles. The van der Waals surface area contributed by atoms with Gasteiger partial charge >= 0.3 is 0 Å². The summed E-state index contributed by atoms with van der Waals surface area (Å²) in [5.74, 6) is 2.65. The number of benzene rings is 2. The van der Waals surface area contributed by atoms with Crippen LogP contribution in [-0.2, 0) is 15.8 Å². The molecule has 26 heavy (non-hydrogen) atoms. The van der Waals surface area contributed by atoms with Crippen LogP contribution in [0.2, 0.25) is 0 Å². The van der Waals surface area contributed by atoms with Crippen LogP contribution in [0, 0.1) is 6.92 Å². The Balaban J connectivity index is 1.51. The van der Waals surface area contributed by atoms with E-state index in [1.807, 2.05) is 0 Å². The molecule has 0 amide bonds. The van der Waals surface area contributed by atoms with Crippen molar-refractivity contribution in [2.45, 2.75) is 24.0 Å². The maximum Gasteiger partial charge on any atom is 0.240 e. The number of sulfonamides is 1. The Morgan fingerprint density at radius 3 is 2.54 bits per heavy atom. The predicted octanol–water partition coefficient (Wildman–Crippen LogP) is 3.37. The molecule has 0 aromatic heterocycles. The summed E-state index contributed by atoms with van der Waals surface area (Å²) < 4.78 is 38.7. The van der Waals surface area contributed by atoms with Gasteiger partial charge in [0, 0.05) is 30.5 Å². The SMILES string of the molecule is Cc1ccc(CSCCNS(=O)(=O)c2ccc3c(c2)OCCCO3)cc1. The van der Waals surface area contributed by atoms with Crippen molar-refractivity contribution in [2.75, 3.05) is 25.5 Å². The number of nitrogens with one attached hydrogen (secondary N) is 1. The third kappa shape index (κ3) is 5.16. The van der Waals surface area contributed by atoms with E-state index >= 15 is 0 Å². The number of ether oxygens (including phenoxy) is 2. The number of hydrogen-bond donors (Lipinski definition) is 1. The Morgan fingerprint density at radius 1 is 1.04 bits per heavy atom. The van der Waals surface area contributed by atoms with E-state index in [2.05, 4.69) is 35.9 Å². The molecule has 0 saturated heterocycles. The minimum atomic E-state index is -3.56. The van der Waals surface area contributed by atoms with E-state index in [4.69, 9.17) is 9.47 Å². The van der Waals surface area contributed by atoms with Gasteiger partial charge in [-0.15, -0.1) is 0 Å². The van der Waals surface area contributed by atoms with Crippen molar-refractivity contribution in [1.29, 1.82) is 0 Å². The molecule has 0 unspecified atom stereocenters. The van der Waals surface area contributed by atoms with Crippen molar-refractivity contribution in [3.63, 3.8) is 0 Å². The highest BCUT2D eigenvalue weighted by molar-refractivity contribution is 7.98. The number of thioether (sulfide) groups is 1. The van der Waals surface area contributed by atoms with Crippen molar-refractivity contribution in [2.24, 2.45) is 0 Å². The van der Waals surface area contributed by atoms with Crippen LogP contribution >= 0.6 is 11.8 Å². The lowest BCUT2D eigenvalue weighted by Gasteiger charge is -2.11. The van der Waals surface area contributed by atoms with Crippen LogP contribution in [-0.4, -0.2) is 33.9 Å². The largest absolute Gasteiger partial charge is 0.490 e. The number of fused-ring (bicyclic) bond motifs is 1. The summed E-state index contributed by atoms with van der Waals surface area (Å²) in [7, 11) is -3.56. The molecule has 0 saturated carbocycles. The van der Waals surface area contributed by atoms with E-state index in [0.717, 1.165) is 12.2 Å². The third-order valence-corrected chi connectivity index (χ3v) is 6.45. The lowest BCUT2D eigenvalue weighted by atomic mass is 10.2. The Bertz CT molecular complexity index is 835. The fourth-order valence-corrected chi connectivity index (χ4v) is 4.51. The van der Waals surface area contributed by atoms with Gasteiger partial charge in [0.25, 0.3) is 0 Å². The fourth-order valence-electron chi connectivity index (χ4n) is 2.52.